The number of fused-ring (bicyclic) bond motifs is 2. The molecular weight excluding hydrogens is 418 g/mol. The minimum Gasteiger partial charge on any atom is -0.444 e. The maximum Gasteiger partial charge on any atom is 0.410 e. The molecule has 1 unspecified atom stereocenters. The number of ether oxygens (including phenoxy) is 1. The smallest absolute Gasteiger partial charge is 0.410 e. The topological polar surface area (TPSA) is 91.4 Å². The number of aromatic amines is 1. The van der Waals surface area contributed by atoms with Crippen LogP contribution in [0.5, 0.6) is 0 Å². The van der Waals surface area contributed by atoms with Crippen LogP contribution < -0.4 is 10.3 Å². The van der Waals surface area contributed by atoms with Crippen LogP contribution in [0.15, 0.2) is 17.4 Å². The first kappa shape index (κ1) is 23.3. The predicted octanol–water partition coefficient (Wildman–Crippen LogP) is 4.20. The number of anilines is 1. The highest BCUT2D eigenvalue weighted by Crippen LogP contribution is 2.39. The molecule has 1 amide bonds. The summed E-state index contributed by atoms with van der Waals surface area (Å²) in [6.45, 7) is 16.5. The number of piperazine rings is 1. The van der Waals surface area contributed by atoms with Crippen molar-refractivity contribution in [1.82, 2.24) is 19.9 Å². The van der Waals surface area contributed by atoms with Gasteiger partial charge in [-0.2, -0.15) is 0 Å². The molecule has 1 aliphatic heterocycles. The van der Waals surface area contributed by atoms with Gasteiger partial charge in [0.15, 0.2) is 11.2 Å². The Balaban J connectivity index is 1.76. The summed E-state index contributed by atoms with van der Waals surface area (Å²) in [6.07, 6.45) is 4.16. The number of pyridine rings is 1. The first-order valence-electron chi connectivity index (χ1n) is 11.8. The fraction of sp³-hybridized carbons (Fsp3) is 0.600. The van der Waals surface area contributed by atoms with Gasteiger partial charge in [0.05, 0.1) is 17.4 Å². The predicted molar refractivity (Wildman–Crippen MR) is 130 cm³/mol. The number of H-pyrrole nitrogens is 1. The summed E-state index contributed by atoms with van der Waals surface area (Å²) in [5, 5.41) is 0. The van der Waals surface area contributed by atoms with Crippen LogP contribution in [0, 0.1) is 13.8 Å². The van der Waals surface area contributed by atoms with Crippen molar-refractivity contribution in [2.45, 2.75) is 84.4 Å². The molecule has 178 valence electrons. The largest absolute Gasteiger partial charge is 0.444 e. The molecule has 2 aromatic rings. The Morgan fingerprint density at radius 1 is 1.21 bits per heavy atom. The van der Waals surface area contributed by atoms with Gasteiger partial charge in [0.1, 0.15) is 11.3 Å². The summed E-state index contributed by atoms with van der Waals surface area (Å²) < 4.78 is 5.64. The number of aryl methyl sites for hydroxylation is 2. The fourth-order valence-electron chi connectivity index (χ4n) is 4.84. The van der Waals surface area contributed by atoms with E-state index in [0.29, 0.717) is 29.9 Å². The Morgan fingerprint density at radius 2 is 1.88 bits per heavy atom. The van der Waals surface area contributed by atoms with Gasteiger partial charge >= 0.3 is 6.09 Å². The second-order valence-electron chi connectivity index (χ2n) is 10.3. The van der Waals surface area contributed by atoms with Crippen molar-refractivity contribution in [1.29, 1.82) is 0 Å². The number of nitrogens with one attached hydrogen (secondary N) is 1. The molecule has 0 spiro atoms. The van der Waals surface area contributed by atoms with E-state index in [1.807, 2.05) is 45.6 Å². The van der Waals surface area contributed by atoms with Crippen molar-refractivity contribution >= 4 is 22.9 Å². The van der Waals surface area contributed by atoms with Crippen LogP contribution in [0.2, 0.25) is 0 Å². The molecule has 0 bridgehead atoms. The molecule has 3 atom stereocenters. The lowest BCUT2D eigenvalue weighted by atomic mass is 9.81. The zero-order valence-electron chi connectivity index (χ0n) is 20.6. The quantitative estimate of drug-likeness (QED) is 0.698. The van der Waals surface area contributed by atoms with E-state index in [0.717, 1.165) is 36.3 Å². The van der Waals surface area contributed by atoms with Crippen molar-refractivity contribution in [3.8, 4) is 0 Å². The van der Waals surface area contributed by atoms with Gasteiger partial charge in [0, 0.05) is 30.7 Å². The SMILES string of the molecule is C=CCC(C)c1[nH]c2nc(C)c(C)nc2c(=O)c1N1CCN(C(=O)OC(C)(C)C)[C@H]2CC[C@@H]21. The van der Waals surface area contributed by atoms with Gasteiger partial charge in [-0.3, -0.25) is 4.79 Å². The Kier molecular flexibility index (Phi) is 5.97. The fourth-order valence-corrected chi connectivity index (χ4v) is 4.84. The minimum absolute atomic E-state index is 0.0390. The number of carbonyl (C=O) groups is 1. The molecule has 8 nitrogen and oxygen atoms in total. The van der Waals surface area contributed by atoms with E-state index >= 15 is 0 Å². The van der Waals surface area contributed by atoms with Gasteiger partial charge in [0.25, 0.3) is 0 Å². The van der Waals surface area contributed by atoms with Gasteiger partial charge in [-0.25, -0.2) is 14.8 Å². The second kappa shape index (κ2) is 8.47. The van der Waals surface area contributed by atoms with Crippen LogP contribution in [0.3, 0.4) is 0 Å². The summed E-state index contributed by atoms with van der Waals surface area (Å²) in [6, 6.07) is 0.121. The lowest BCUT2D eigenvalue weighted by Crippen LogP contribution is -2.67. The number of aromatic nitrogens is 3. The maximum absolute atomic E-state index is 13.8. The third-order valence-electron chi connectivity index (χ3n) is 6.76. The molecule has 1 saturated heterocycles. The highest BCUT2D eigenvalue weighted by molar-refractivity contribution is 5.77. The number of rotatable bonds is 4. The molecule has 2 aliphatic rings. The van der Waals surface area contributed by atoms with Crippen molar-refractivity contribution in [3.05, 3.63) is 40.0 Å². The maximum atomic E-state index is 13.8. The summed E-state index contributed by atoms with van der Waals surface area (Å²) in [5.74, 6) is 0.0698. The number of allylic oxidation sites excluding steroid dienone is 1. The third-order valence-corrected chi connectivity index (χ3v) is 6.76. The standard InChI is InChI=1S/C25H35N5O3/c1-8-9-14(2)19-21(22(31)20-23(28-19)27-16(4)15(3)26-20)29-12-13-30(18-11-10-17(18)29)24(32)33-25(5,6)7/h8,14,17-18H,1,9-13H2,2-7H3,(H,27,28,31)/t14?,17-,18-/m0/s1. The second-order valence-corrected chi connectivity index (χ2v) is 10.3. The zero-order valence-corrected chi connectivity index (χ0v) is 20.6. The van der Waals surface area contributed by atoms with Crippen LogP contribution in [-0.4, -0.2) is 56.7 Å². The van der Waals surface area contributed by atoms with E-state index < -0.39 is 5.60 Å². The van der Waals surface area contributed by atoms with Crippen LogP contribution in [0.4, 0.5) is 10.5 Å². The Morgan fingerprint density at radius 3 is 2.48 bits per heavy atom. The van der Waals surface area contributed by atoms with Crippen molar-refractivity contribution in [2.24, 2.45) is 0 Å². The van der Waals surface area contributed by atoms with E-state index in [-0.39, 0.29) is 29.5 Å². The molecule has 1 aliphatic carbocycles. The number of hydrogen-bond donors (Lipinski definition) is 1. The van der Waals surface area contributed by atoms with Gasteiger partial charge in [-0.1, -0.05) is 13.0 Å². The highest BCUT2D eigenvalue weighted by Gasteiger charge is 2.47. The Bertz CT molecular complexity index is 1150. The lowest BCUT2D eigenvalue weighted by molar-refractivity contribution is -0.00450. The van der Waals surface area contributed by atoms with E-state index in [1.165, 1.54) is 0 Å². The van der Waals surface area contributed by atoms with E-state index in [1.54, 1.807) is 0 Å². The van der Waals surface area contributed by atoms with Gasteiger partial charge in [0.2, 0.25) is 5.43 Å². The van der Waals surface area contributed by atoms with E-state index in [4.69, 9.17) is 4.74 Å². The number of hydrogen-bond acceptors (Lipinski definition) is 6. The van der Waals surface area contributed by atoms with Crippen LogP contribution in [0.1, 0.15) is 70.0 Å². The summed E-state index contributed by atoms with van der Waals surface area (Å²) in [4.78, 5) is 43.3. The van der Waals surface area contributed by atoms with Crippen LogP contribution in [0.25, 0.3) is 11.2 Å². The first-order valence-corrected chi connectivity index (χ1v) is 11.8. The average molecular weight is 454 g/mol. The molecule has 8 heteroatoms. The van der Waals surface area contributed by atoms with Crippen molar-refractivity contribution in [3.63, 3.8) is 0 Å². The molecule has 1 saturated carbocycles. The normalized spacial score (nSPS) is 21.4. The first-order chi connectivity index (χ1) is 15.5. The molecule has 0 aromatic carbocycles. The van der Waals surface area contributed by atoms with Gasteiger partial charge in [-0.15, -0.1) is 6.58 Å². The highest BCUT2D eigenvalue weighted by atomic mass is 16.6. The monoisotopic (exact) mass is 453 g/mol. The Hall–Kier alpha value is -2.90. The molecule has 1 N–H and O–H groups in total. The average Bonchev–Trinajstić information content (AvgIpc) is 2.68. The van der Waals surface area contributed by atoms with E-state index in [9.17, 15) is 9.59 Å². The molecule has 33 heavy (non-hydrogen) atoms. The zero-order chi connectivity index (χ0) is 24.1. The minimum atomic E-state index is -0.537. The molecule has 2 aromatic heterocycles. The van der Waals surface area contributed by atoms with Crippen molar-refractivity contribution < 1.29 is 9.53 Å². The summed E-state index contributed by atoms with van der Waals surface area (Å²) in [7, 11) is 0. The van der Waals surface area contributed by atoms with E-state index in [2.05, 4.69) is 33.4 Å². The summed E-state index contributed by atoms with van der Waals surface area (Å²) >= 11 is 0. The van der Waals surface area contributed by atoms with Gasteiger partial charge in [-0.05, 0) is 53.9 Å². The molecule has 4 rings (SSSR count). The number of carbonyl (C=O) groups excluding carboxylic acids is 1. The number of nitrogens with zero attached hydrogens (tertiary/aromatic N) is 4. The van der Waals surface area contributed by atoms with Crippen molar-refractivity contribution in [2.75, 3.05) is 18.0 Å². The number of amides is 1. The molecule has 3 heterocycles. The van der Waals surface area contributed by atoms with Crippen LogP contribution in [-0.2, 0) is 4.74 Å². The van der Waals surface area contributed by atoms with Gasteiger partial charge < -0.3 is 19.5 Å². The third kappa shape index (κ3) is 4.23. The molecule has 2 fully saturated rings. The lowest BCUT2D eigenvalue weighted by Gasteiger charge is -2.54. The van der Waals surface area contributed by atoms with Crippen LogP contribution >= 0.6 is 0 Å². The Labute approximate surface area is 195 Å². The molecular formula is C25H35N5O3. The summed E-state index contributed by atoms with van der Waals surface area (Å²) in [5.41, 5.74) is 3.34. The molecule has 0 radical (unpaired) electrons.